The fourth-order valence-corrected chi connectivity index (χ4v) is 2.31. The minimum atomic E-state index is 0.361. The van der Waals surface area contributed by atoms with Gasteiger partial charge in [0.2, 0.25) is 5.95 Å². The minimum Gasteiger partial charge on any atom is -0.494 e. The van der Waals surface area contributed by atoms with Crippen molar-refractivity contribution in [2.24, 2.45) is 0 Å². The highest BCUT2D eigenvalue weighted by Gasteiger charge is 2.13. The molecule has 0 aliphatic rings. The van der Waals surface area contributed by atoms with E-state index in [1.807, 2.05) is 33.3 Å². The third kappa shape index (κ3) is 4.62. The van der Waals surface area contributed by atoms with Crippen molar-refractivity contribution in [3.63, 3.8) is 0 Å². The Hall–Kier alpha value is -2.25. The average Bonchev–Trinajstić information content (AvgIpc) is 2.53. The number of benzene rings is 1. The van der Waals surface area contributed by atoms with Gasteiger partial charge in [0, 0.05) is 32.4 Å². The Morgan fingerprint density at radius 1 is 1.25 bits per heavy atom. The van der Waals surface area contributed by atoms with Crippen LogP contribution >= 0.6 is 11.6 Å². The van der Waals surface area contributed by atoms with Crippen molar-refractivity contribution >= 4 is 34.6 Å². The predicted molar refractivity (Wildman–Crippen MR) is 99.6 cm³/mol. The van der Waals surface area contributed by atoms with E-state index in [0.29, 0.717) is 28.2 Å². The third-order valence-corrected chi connectivity index (χ3v) is 3.72. The van der Waals surface area contributed by atoms with Crippen LogP contribution in [0.2, 0.25) is 5.15 Å². The van der Waals surface area contributed by atoms with Crippen molar-refractivity contribution in [2.75, 3.05) is 57.3 Å². The normalized spacial score (nSPS) is 10.8. The molecule has 1 heterocycles. The lowest BCUT2D eigenvalue weighted by Gasteiger charge is -2.24. The molecule has 2 rings (SSSR count). The molecular weight excluding hydrogens is 328 g/mol. The van der Waals surface area contributed by atoms with Crippen LogP contribution in [0.1, 0.15) is 0 Å². The van der Waals surface area contributed by atoms with Gasteiger partial charge in [-0.1, -0.05) is 11.6 Å². The predicted octanol–water partition coefficient (Wildman–Crippen LogP) is 2.46. The molecule has 0 aliphatic heterocycles. The zero-order chi connectivity index (χ0) is 17.7. The molecule has 7 nitrogen and oxygen atoms in total. The number of nitrogens with two attached hydrogens (primary N) is 1. The Balaban J connectivity index is 2.26. The molecule has 2 aromatic rings. The number of nitrogens with one attached hydrogen (secondary N) is 1. The number of rotatable bonds is 7. The molecule has 24 heavy (non-hydrogen) atoms. The van der Waals surface area contributed by atoms with E-state index in [-0.39, 0.29) is 0 Å². The fraction of sp³-hybridized carbons (Fsp3) is 0.375. The summed E-state index contributed by atoms with van der Waals surface area (Å²) >= 11 is 5.89. The molecule has 130 valence electrons. The molecule has 0 amide bonds. The van der Waals surface area contributed by atoms with Gasteiger partial charge in [0.15, 0.2) is 0 Å². The number of ether oxygens (including phenoxy) is 1. The van der Waals surface area contributed by atoms with Gasteiger partial charge in [-0.25, -0.2) is 9.97 Å². The standard InChI is InChI=1S/C16H23ClN6O/c1-22(2)7-8-23(3)13-10-14(24-4)12(9-11(13)18)20-16-19-6-5-15(17)21-16/h5-6,9-10H,7-8,18H2,1-4H3,(H,19,20,21). The maximum absolute atomic E-state index is 6.22. The first-order chi connectivity index (χ1) is 11.4. The van der Waals surface area contributed by atoms with Crippen LogP contribution in [-0.4, -0.2) is 56.2 Å². The second kappa shape index (κ2) is 8.03. The van der Waals surface area contributed by atoms with Crippen molar-refractivity contribution in [1.82, 2.24) is 14.9 Å². The van der Waals surface area contributed by atoms with Crippen molar-refractivity contribution < 1.29 is 4.74 Å². The average molecular weight is 351 g/mol. The summed E-state index contributed by atoms with van der Waals surface area (Å²) in [5.74, 6) is 1.04. The number of aromatic nitrogens is 2. The summed E-state index contributed by atoms with van der Waals surface area (Å²) in [6.45, 7) is 1.78. The number of anilines is 4. The fourth-order valence-electron chi connectivity index (χ4n) is 2.17. The molecule has 0 aliphatic carbocycles. The second-order valence-corrected chi connectivity index (χ2v) is 6.05. The number of hydrogen-bond acceptors (Lipinski definition) is 7. The highest BCUT2D eigenvalue weighted by atomic mass is 35.5. The molecule has 0 radical (unpaired) electrons. The first-order valence-electron chi connectivity index (χ1n) is 7.49. The first-order valence-corrected chi connectivity index (χ1v) is 7.87. The molecule has 0 atom stereocenters. The first kappa shape index (κ1) is 18.1. The van der Waals surface area contributed by atoms with Gasteiger partial charge in [-0.05, 0) is 26.2 Å². The summed E-state index contributed by atoms with van der Waals surface area (Å²) in [6.07, 6.45) is 1.58. The number of methoxy groups -OCH3 is 1. The van der Waals surface area contributed by atoms with E-state index in [9.17, 15) is 0 Å². The Bertz CT molecular complexity index is 694. The van der Waals surface area contributed by atoms with Gasteiger partial charge in [0.05, 0.1) is 24.2 Å². The molecular formula is C16H23ClN6O. The van der Waals surface area contributed by atoms with Gasteiger partial charge >= 0.3 is 0 Å². The molecule has 0 saturated carbocycles. The van der Waals surface area contributed by atoms with Crippen LogP contribution in [0.25, 0.3) is 0 Å². The van der Waals surface area contributed by atoms with Crippen LogP contribution in [0.4, 0.5) is 23.0 Å². The molecule has 3 N–H and O–H groups in total. The summed E-state index contributed by atoms with van der Waals surface area (Å²) < 4.78 is 5.48. The van der Waals surface area contributed by atoms with Gasteiger partial charge in [0.25, 0.3) is 0 Å². The van der Waals surface area contributed by atoms with Crippen LogP contribution in [0.15, 0.2) is 24.4 Å². The van der Waals surface area contributed by atoms with E-state index in [1.165, 1.54) is 0 Å². The quantitative estimate of drug-likeness (QED) is 0.586. The number of nitrogens with zero attached hydrogens (tertiary/aromatic N) is 4. The zero-order valence-corrected chi connectivity index (χ0v) is 15.1. The number of nitrogen functional groups attached to an aromatic ring is 1. The van der Waals surface area contributed by atoms with Crippen LogP contribution < -0.4 is 20.7 Å². The maximum Gasteiger partial charge on any atom is 0.228 e. The van der Waals surface area contributed by atoms with E-state index >= 15 is 0 Å². The summed E-state index contributed by atoms with van der Waals surface area (Å²) in [4.78, 5) is 12.5. The van der Waals surface area contributed by atoms with Crippen LogP contribution in [0.3, 0.4) is 0 Å². The summed E-state index contributed by atoms with van der Waals surface area (Å²) in [5, 5.41) is 3.44. The third-order valence-electron chi connectivity index (χ3n) is 3.51. The molecule has 0 unspecified atom stereocenters. The van der Waals surface area contributed by atoms with E-state index in [2.05, 4.69) is 25.1 Å². The van der Waals surface area contributed by atoms with E-state index < -0.39 is 0 Å². The molecule has 0 spiro atoms. The summed E-state index contributed by atoms with van der Waals surface area (Å²) in [6, 6.07) is 5.32. The Labute approximate surface area is 147 Å². The Morgan fingerprint density at radius 2 is 2.00 bits per heavy atom. The van der Waals surface area contributed by atoms with Crippen LogP contribution in [0, 0.1) is 0 Å². The molecule has 0 bridgehead atoms. The van der Waals surface area contributed by atoms with Crippen LogP contribution in [0.5, 0.6) is 5.75 Å². The second-order valence-electron chi connectivity index (χ2n) is 5.66. The lowest BCUT2D eigenvalue weighted by atomic mass is 10.2. The zero-order valence-electron chi connectivity index (χ0n) is 14.4. The number of likely N-dealkylation sites (N-methyl/N-ethyl adjacent to an activating group) is 2. The molecule has 1 aromatic carbocycles. The monoisotopic (exact) mass is 350 g/mol. The van der Waals surface area contributed by atoms with Gasteiger partial charge < -0.3 is 25.6 Å². The van der Waals surface area contributed by atoms with Crippen molar-refractivity contribution in [1.29, 1.82) is 0 Å². The Kier molecular flexibility index (Phi) is 6.05. The molecule has 8 heteroatoms. The smallest absolute Gasteiger partial charge is 0.228 e. The highest BCUT2D eigenvalue weighted by molar-refractivity contribution is 6.29. The largest absolute Gasteiger partial charge is 0.494 e. The number of halogens is 1. The van der Waals surface area contributed by atoms with Gasteiger partial charge in [-0.3, -0.25) is 0 Å². The lowest BCUT2D eigenvalue weighted by Crippen LogP contribution is -2.29. The van der Waals surface area contributed by atoms with Gasteiger partial charge in [-0.2, -0.15) is 0 Å². The minimum absolute atomic E-state index is 0.361. The van der Waals surface area contributed by atoms with E-state index in [4.69, 9.17) is 22.1 Å². The van der Waals surface area contributed by atoms with Gasteiger partial charge in [0.1, 0.15) is 10.9 Å². The van der Waals surface area contributed by atoms with E-state index in [0.717, 1.165) is 18.8 Å². The van der Waals surface area contributed by atoms with Crippen molar-refractivity contribution in [3.05, 3.63) is 29.5 Å². The van der Waals surface area contributed by atoms with Crippen LogP contribution in [-0.2, 0) is 0 Å². The highest BCUT2D eigenvalue weighted by Crippen LogP contribution is 2.36. The van der Waals surface area contributed by atoms with E-state index in [1.54, 1.807) is 19.4 Å². The number of hydrogen-bond donors (Lipinski definition) is 2. The molecule has 0 fully saturated rings. The SMILES string of the molecule is COc1cc(N(C)CCN(C)C)c(N)cc1Nc1nccc(Cl)n1. The maximum atomic E-state index is 6.22. The van der Waals surface area contributed by atoms with Crippen molar-refractivity contribution in [2.45, 2.75) is 0 Å². The topological polar surface area (TPSA) is 79.5 Å². The molecule has 1 aromatic heterocycles. The van der Waals surface area contributed by atoms with Crippen molar-refractivity contribution in [3.8, 4) is 5.75 Å². The van der Waals surface area contributed by atoms with Gasteiger partial charge in [-0.15, -0.1) is 0 Å². The lowest BCUT2D eigenvalue weighted by molar-refractivity contribution is 0.413. The summed E-state index contributed by atoms with van der Waals surface area (Å²) in [5.41, 5.74) is 8.45. The molecule has 0 saturated heterocycles. The summed E-state index contributed by atoms with van der Waals surface area (Å²) in [7, 11) is 7.69. The Morgan fingerprint density at radius 3 is 2.62 bits per heavy atom.